The van der Waals surface area contributed by atoms with E-state index < -0.39 is 0 Å². The third-order valence-corrected chi connectivity index (χ3v) is 5.49. The second kappa shape index (κ2) is 10.3. The molecule has 2 aliphatic rings. The summed E-state index contributed by atoms with van der Waals surface area (Å²) in [6, 6.07) is 6.34. The Bertz CT molecular complexity index is 681. The number of nitrogens with zero attached hydrogens (tertiary/aromatic N) is 1. The van der Waals surface area contributed by atoms with Gasteiger partial charge in [0.05, 0.1) is 6.61 Å². The first kappa shape index (κ1) is 20.5. The van der Waals surface area contributed by atoms with Gasteiger partial charge in [-0.2, -0.15) is 0 Å². The van der Waals surface area contributed by atoms with Gasteiger partial charge in [0.25, 0.3) is 0 Å². The standard InChI is InChI=1S/C22H34N4O2/c1-16-7-10-19(20(13-16)28-15-17-8-9-17)14-26-22(23-2)25-12-4-11-24-21(27)18-5-3-6-18/h7,10,13,17-18H,3-6,8-9,11-12,14-15H2,1-2H3,(H,24,27)(H2,23,25,26). The number of nitrogens with one attached hydrogen (secondary N) is 3. The Morgan fingerprint density at radius 1 is 1.14 bits per heavy atom. The van der Waals surface area contributed by atoms with Gasteiger partial charge in [0.2, 0.25) is 5.91 Å². The van der Waals surface area contributed by atoms with Gasteiger partial charge in [0.15, 0.2) is 5.96 Å². The summed E-state index contributed by atoms with van der Waals surface area (Å²) in [7, 11) is 1.77. The van der Waals surface area contributed by atoms with E-state index in [9.17, 15) is 4.79 Å². The first-order valence-corrected chi connectivity index (χ1v) is 10.6. The van der Waals surface area contributed by atoms with E-state index in [-0.39, 0.29) is 11.8 Å². The van der Waals surface area contributed by atoms with Gasteiger partial charge < -0.3 is 20.7 Å². The van der Waals surface area contributed by atoms with Gasteiger partial charge in [-0.05, 0) is 56.6 Å². The molecule has 0 atom stereocenters. The van der Waals surface area contributed by atoms with Crippen molar-refractivity contribution in [3.05, 3.63) is 29.3 Å². The highest BCUT2D eigenvalue weighted by molar-refractivity contribution is 5.80. The van der Waals surface area contributed by atoms with Crippen LogP contribution in [0.1, 0.15) is 49.7 Å². The summed E-state index contributed by atoms with van der Waals surface area (Å²) in [5.74, 6) is 2.94. The second-order valence-electron chi connectivity index (χ2n) is 7.99. The summed E-state index contributed by atoms with van der Waals surface area (Å²) in [6.07, 6.45) is 6.74. The van der Waals surface area contributed by atoms with E-state index >= 15 is 0 Å². The third-order valence-electron chi connectivity index (χ3n) is 5.49. The second-order valence-corrected chi connectivity index (χ2v) is 7.99. The van der Waals surface area contributed by atoms with Crippen LogP contribution in [0.25, 0.3) is 0 Å². The number of amides is 1. The maximum Gasteiger partial charge on any atom is 0.223 e. The highest BCUT2D eigenvalue weighted by Gasteiger charge is 2.24. The van der Waals surface area contributed by atoms with Crippen molar-refractivity contribution in [1.29, 1.82) is 0 Å². The summed E-state index contributed by atoms with van der Waals surface area (Å²) in [5, 5.41) is 9.68. The number of rotatable bonds is 10. The van der Waals surface area contributed by atoms with Crippen LogP contribution in [0, 0.1) is 18.8 Å². The fraction of sp³-hybridized carbons (Fsp3) is 0.636. The van der Waals surface area contributed by atoms with Crippen LogP contribution in [0.5, 0.6) is 5.75 Å². The monoisotopic (exact) mass is 386 g/mol. The van der Waals surface area contributed by atoms with E-state index in [1.807, 2.05) is 0 Å². The van der Waals surface area contributed by atoms with Gasteiger partial charge >= 0.3 is 0 Å². The van der Waals surface area contributed by atoms with Crippen LogP contribution in [0.15, 0.2) is 23.2 Å². The minimum Gasteiger partial charge on any atom is -0.493 e. The molecule has 2 fully saturated rings. The molecule has 0 spiro atoms. The molecule has 154 valence electrons. The Labute approximate surface area is 168 Å². The fourth-order valence-electron chi connectivity index (χ4n) is 3.16. The summed E-state index contributed by atoms with van der Waals surface area (Å²) in [6.45, 7) is 5.04. The van der Waals surface area contributed by atoms with Crippen molar-refractivity contribution in [2.45, 2.75) is 52.0 Å². The number of guanidine groups is 1. The van der Waals surface area contributed by atoms with Crippen molar-refractivity contribution >= 4 is 11.9 Å². The Balaban J connectivity index is 1.36. The number of carbonyl (C=O) groups is 1. The van der Waals surface area contributed by atoms with E-state index in [2.05, 4.69) is 46.1 Å². The first-order valence-electron chi connectivity index (χ1n) is 10.6. The number of carbonyl (C=O) groups excluding carboxylic acids is 1. The molecule has 28 heavy (non-hydrogen) atoms. The van der Waals surface area contributed by atoms with E-state index in [0.717, 1.165) is 55.6 Å². The predicted octanol–water partition coefficient (Wildman–Crippen LogP) is 2.76. The zero-order valence-corrected chi connectivity index (χ0v) is 17.2. The van der Waals surface area contributed by atoms with Crippen LogP contribution in [-0.2, 0) is 11.3 Å². The van der Waals surface area contributed by atoms with Crippen LogP contribution in [-0.4, -0.2) is 38.6 Å². The molecular formula is C22H34N4O2. The number of hydrogen-bond acceptors (Lipinski definition) is 3. The molecule has 0 aromatic heterocycles. The van der Waals surface area contributed by atoms with Crippen molar-refractivity contribution in [2.24, 2.45) is 16.8 Å². The largest absolute Gasteiger partial charge is 0.493 e. The Morgan fingerprint density at radius 2 is 1.93 bits per heavy atom. The van der Waals surface area contributed by atoms with Gasteiger partial charge in [-0.15, -0.1) is 0 Å². The number of hydrogen-bond donors (Lipinski definition) is 3. The molecule has 0 aliphatic heterocycles. The van der Waals surface area contributed by atoms with Gasteiger partial charge in [-0.3, -0.25) is 9.79 Å². The highest BCUT2D eigenvalue weighted by Crippen LogP contribution is 2.30. The molecule has 0 unspecified atom stereocenters. The quantitative estimate of drug-likeness (QED) is 0.328. The zero-order valence-electron chi connectivity index (χ0n) is 17.2. The SMILES string of the molecule is CN=C(NCCCNC(=O)C1CCC1)NCc1ccc(C)cc1OCC1CC1. The molecule has 2 saturated carbocycles. The molecule has 6 heteroatoms. The average Bonchev–Trinajstić information content (AvgIpc) is 3.46. The van der Waals surface area contributed by atoms with Crippen molar-refractivity contribution in [3.63, 3.8) is 0 Å². The summed E-state index contributed by atoms with van der Waals surface area (Å²) < 4.78 is 6.04. The van der Waals surface area contributed by atoms with Crippen LogP contribution >= 0.6 is 0 Å². The fourth-order valence-corrected chi connectivity index (χ4v) is 3.16. The number of ether oxygens (including phenoxy) is 1. The lowest BCUT2D eigenvalue weighted by Crippen LogP contribution is -2.39. The van der Waals surface area contributed by atoms with Crippen LogP contribution in [0.2, 0.25) is 0 Å². The molecule has 6 nitrogen and oxygen atoms in total. The Hall–Kier alpha value is -2.24. The molecule has 3 N–H and O–H groups in total. The summed E-state index contributed by atoms with van der Waals surface area (Å²) in [5.41, 5.74) is 2.35. The Kier molecular flexibility index (Phi) is 7.57. The molecule has 1 amide bonds. The molecule has 3 rings (SSSR count). The minimum atomic E-state index is 0.215. The van der Waals surface area contributed by atoms with Crippen molar-refractivity contribution in [3.8, 4) is 5.75 Å². The van der Waals surface area contributed by atoms with Gasteiger partial charge in [-0.25, -0.2) is 0 Å². The summed E-state index contributed by atoms with van der Waals surface area (Å²) >= 11 is 0. The maximum absolute atomic E-state index is 11.8. The van der Waals surface area contributed by atoms with Crippen molar-refractivity contribution in [1.82, 2.24) is 16.0 Å². The molecule has 1 aromatic rings. The lowest BCUT2D eigenvalue weighted by molar-refractivity contribution is -0.127. The topological polar surface area (TPSA) is 74.8 Å². The number of benzene rings is 1. The lowest BCUT2D eigenvalue weighted by Gasteiger charge is -2.24. The van der Waals surface area contributed by atoms with Gasteiger partial charge in [0.1, 0.15) is 5.75 Å². The molecule has 2 aliphatic carbocycles. The summed E-state index contributed by atoms with van der Waals surface area (Å²) in [4.78, 5) is 16.1. The van der Waals surface area contributed by atoms with Crippen LogP contribution in [0.3, 0.4) is 0 Å². The number of aliphatic imine (C=N–C) groups is 1. The zero-order chi connectivity index (χ0) is 19.8. The Morgan fingerprint density at radius 3 is 2.61 bits per heavy atom. The highest BCUT2D eigenvalue weighted by atomic mass is 16.5. The molecule has 1 aromatic carbocycles. The minimum absolute atomic E-state index is 0.215. The molecule has 0 saturated heterocycles. The first-order chi connectivity index (χ1) is 13.7. The smallest absolute Gasteiger partial charge is 0.223 e. The van der Waals surface area contributed by atoms with Crippen molar-refractivity contribution < 1.29 is 9.53 Å². The maximum atomic E-state index is 11.8. The molecular weight excluding hydrogens is 352 g/mol. The predicted molar refractivity (Wildman–Crippen MR) is 113 cm³/mol. The number of aryl methyl sites for hydroxylation is 1. The molecule has 0 heterocycles. The van der Waals surface area contributed by atoms with E-state index in [4.69, 9.17) is 4.74 Å². The van der Waals surface area contributed by atoms with E-state index in [1.54, 1.807) is 7.05 Å². The van der Waals surface area contributed by atoms with Crippen LogP contribution in [0.4, 0.5) is 0 Å². The molecule has 0 bridgehead atoms. The van der Waals surface area contributed by atoms with Gasteiger partial charge in [-0.1, -0.05) is 18.6 Å². The average molecular weight is 387 g/mol. The van der Waals surface area contributed by atoms with E-state index in [0.29, 0.717) is 13.1 Å². The molecule has 0 radical (unpaired) electrons. The van der Waals surface area contributed by atoms with Gasteiger partial charge in [0, 0.05) is 38.2 Å². The van der Waals surface area contributed by atoms with Crippen LogP contribution < -0.4 is 20.7 Å². The third kappa shape index (κ3) is 6.43. The van der Waals surface area contributed by atoms with E-state index in [1.165, 1.54) is 24.8 Å². The lowest BCUT2D eigenvalue weighted by atomic mass is 9.85. The normalized spacial score (nSPS) is 17.0. The van der Waals surface area contributed by atoms with Crippen molar-refractivity contribution in [2.75, 3.05) is 26.7 Å².